The van der Waals surface area contributed by atoms with Crippen LogP contribution in [0.2, 0.25) is 0 Å². The summed E-state index contributed by atoms with van der Waals surface area (Å²) in [5.74, 6) is 1.06. The number of aliphatic imine (C=N–C) groups is 1. The number of benzene rings is 1. The van der Waals surface area contributed by atoms with Crippen molar-refractivity contribution >= 4 is 41.5 Å². The minimum atomic E-state index is 0. The molecule has 150 valence electrons. The highest BCUT2D eigenvalue weighted by Gasteiger charge is 2.25. The second kappa shape index (κ2) is 10.8. The number of nitrogens with one attached hydrogen (secondary N) is 3. The first-order chi connectivity index (χ1) is 12.7. The summed E-state index contributed by atoms with van der Waals surface area (Å²) in [6, 6.07) is 8.60. The van der Waals surface area contributed by atoms with Crippen LogP contribution in [0, 0.1) is 0 Å². The smallest absolute Gasteiger partial charge is 0.225 e. The van der Waals surface area contributed by atoms with Crippen LogP contribution in [-0.4, -0.2) is 56.0 Å². The fraction of sp³-hybridized carbons (Fsp3) is 0.600. The lowest BCUT2D eigenvalue weighted by molar-refractivity contribution is -0.116. The summed E-state index contributed by atoms with van der Waals surface area (Å²) in [5, 5.41) is 9.83. The van der Waals surface area contributed by atoms with Gasteiger partial charge in [0.25, 0.3) is 0 Å². The molecule has 2 atom stereocenters. The largest absolute Gasteiger partial charge is 0.356 e. The van der Waals surface area contributed by atoms with E-state index in [1.165, 1.54) is 31.5 Å². The van der Waals surface area contributed by atoms with Gasteiger partial charge in [-0.2, -0.15) is 0 Å². The third-order valence-electron chi connectivity index (χ3n) is 5.48. The van der Waals surface area contributed by atoms with E-state index in [2.05, 4.69) is 38.8 Å². The van der Waals surface area contributed by atoms with Crippen LogP contribution in [0.5, 0.6) is 0 Å². The summed E-state index contributed by atoms with van der Waals surface area (Å²) in [6.07, 6.45) is 4.27. The number of amides is 1. The van der Waals surface area contributed by atoms with Gasteiger partial charge in [-0.15, -0.1) is 24.0 Å². The Bertz CT molecular complexity index is 645. The maximum Gasteiger partial charge on any atom is 0.225 e. The van der Waals surface area contributed by atoms with Crippen molar-refractivity contribution in [2.45, 2.75) is 44.6 Å². The lowest BCUT2D eigenvalue weighted by Crippen LogP contribution is -2.47. The SMILES string of the molecule is CCC(CNC(=NC)NCC1CC(=O)Nc2ccccc21)N1CCCC1.I. The molecule has 0 bridgehead atoms. The van der Waals surface area contributed by atoms with Crippen LogP contribution in [0.15, 0.2) is 29.3 Å². The Balaban J connectivity index is 0.00000261. The van der Waals surface area contributed by atoms with Gasteiger partial charge >= 0.3 is 0 Å². The van der Waals surface area contributed by atoms with Crippen molar-refractivity contribution in [2.24, 2.45) is 4.99 Å². The van der Waals surface area contributed by atoms with Crippen LogP contribution in [0.4, 0.5) is 5.69 Å². The van der Waals surface area contributed by atoms with Gasteiger partial charge in [-0.05, 0) is 44.0 Å². The van der Waals surface area contributed by atoms with E-state index in [0.717, 1.165) is 24.6 Å². The van der Waals surface area contributed by atoms with Gasteiger partial charge in [-0.1, -0.05) is 25.1 Å². The normalized spacial score (nSPS) is 21.0. The quantitative estimate of drug-likeness (QED) is 0.330. The molecule has 1 aromatic carbocycles. The number of guanidine groups is 1. The van der Waals surface area contributed by atoms with Gasteiger partial charge in [0.05, 0.1) is 0 Å². The average molecular weight is 485 g/mol. The standard InChI is InChI=1S/C20H31N5O.HI/c1-3-16(25-10-6-7-11-25)14-23-20(21-2)22-13-15-12-19(26)24-18-9-5-4-8-17(15)18;/h4-5,8-9,15-16H,3,6-7,10-14H2,1-2H3,(H,24,26)(H2,21,22,23);1H. The first-order valence-electron chi connectivity index (χ1n) is 9.78. The summed E-state index contributed by atoms with van der Waals surface area (Å²) in [4.78, 5) is 18.9. The van der Waals surface area contributed by atoms with E-state index in [1.54, 1.807) is 7.05 Å². The molecular formula is C20H32IN5O. The van der Waals surface area contributed by atoms with Gasteiger partial charge in [0.1, 0.15) is 0 Å². The van der Waals surface area contributed by atoms with Gasteiger partial charge in [-0.25, -0.2) is 0 Å². The summed E-state index contributed by atoms with van der Waals surface area (Å²) >= 11 is 0. The monoisotopic (exact) mass is 485 g/mol. The Morgan fingerprint density at radius 2 is 2.04 bits per heavy atom. The van der Waals surface area contributed by atoms with E-state index in [9.17, 15) is 4.79 Å². The van der Waals surface area contributed by atoms with Crippen molar-refractivity contribution in [3.63, 3.8) is 0 Å². The van der Waals surface area contributed by atoms with Crippen molar-refractivity contribution in [3.05, 3.63) is 29.8 Å². The Labute approximate surface area is 179 Å². The molecule has 0 radical (unpaired) electrons. The highest BCUT2D eigenvalue weighted by molar-refractivity contribution is 14.0. The molecule has 2 aliphatic heterocycles. The van der Waals surface area contributed by atoms with Crippen LogP contribution in [0.1, 0.15) is 44.1 Å². The molecule has 2 aliphatic rings. The highest BCUT2D eigenvalue weighted by atomic mass is 127. The molecule has 2 heterocycles. The molecule has 3 rings (SSSR count). The molecule has 6 nitrogen and oxygen atoms in total. The van der Waals surface area contributed by atoms with Crippen molar-refractivity contribution in [1.29, 1.82) is 0 Å². The van der Waals surface area contributed by atoms with Crippen LogP contribution in [0.3, 0.4) is 0 Å². The first kappa shape index (κ1) is 21.9. The molecule has 27 heavy (non-hydrogen) atoms. The summed E-state index contributed by atoms with van der Waals surface area (Å²) in [6.45, 7) is 6.27. The van der Waals surface area contributed by atoms with Crippen molar-refractivity contribution in [1.82, 2.24) is 15.5 Å². The van der Waals surface area contributed by atoms with Gasteiger partial charge in [0.15, 0.2) is 5.96 Å². The van der Waals surface area contributed by atoms with Crippen LogP contribution in [0.25, 0.3) is 0 Å². The summed E-state index contributed by atoms with van der Waals surface area (Å²) in [5.41, 5.74) is 2.12. The molecule has 2 unspecified atom stereocenters. The maximum atomic E-state index is 12.0. The van der Waals surface area contributed by atoms with Gasteiger partial charge in [0.2, 0.25) is 5.91 Å². The molecule has 1 fully saturated rings. The number of nitrogens with zero attached hydrogens (tertiary/aromatic N) is 2. The van der Waals surface area contributed by atoms with Gasteiger partial charge in [-0.3, -0.25) is 14.7 Å². The minimum Gasteiger partial charge on any atom is -0.356 e. The van der Waals surface area contributed by atoms with Gasteiger partial charge < -0.3 is 16.0 Å². The van der Waals surface area contributed by atoms with E-state index in [-0.39, 0.29) is 35.8 Å². The zero-order valence-electron chi connectivity index (χ0n) is 16.3. The summed E-state index contributed by atoms with van der Waals surface area (Å²) < 4.78 is 0. The van der Waals surface area contributed by atoms with Crippen LogP contribution in [-0.2, 0) is 4.79 Å². The number of fused-ring (bicyclic) bond motifs is 1. The predicted molar refractivity (Wildman–Crippen MR) is 122 cm³/mol. The first-order valence-corrected chi connectivity index (χ1v) is 9.78. The molecule has 0 aromatic heterocycles. The Hall–Kier alpha value is -1.35. The zero-order valence-corrected chi connectivity index (χ0v) is 18.7. The number of para-hydroxylation sites is 1. The van der Waals surface area contributed by atoms with Crippen LogP contribution >= 0.6 is 24.0 Å². The lowest BCUT2D eigenvalue weighted by atomic mass is 9.90. The average Bonchev–Trinajstić information content (AvgIpc) is 3.19. The lowest BCUT2D eigenvalue weighted by Gasteiger charge is -2.28. The van der Waals surface area contributed by atoms with Crippen molar-refractivity contribution in [2.75, 3.05) is 38.5 Å². The molecule has 1 saturated heterocycles. The number of hydrogen-bond acceptors (Lipinski definition) is 3. The molecule has 7 heteroatoms. The fourth-order valence-electron chi connectivity index (χ4n) is 3.98. The molecule has 1 aromatic rings. The van der Waals surface area contributed by atoms with E-state index < -0.39 is 0 Å². The number of rotatable bonds is 6. The number of likely N-dealkylation sites (tertiary alicyclic amines) is 1. The Morgan fingerprint density at radius 3 is 2.74 bits per heavy atom. The second-order valence-corrected chi connectivity index (χ2v) is 7.18. The van der Waals surface area contributed by atoms with E-state index >= 15 is 0 Å². The fourth-order valence-corrected chi connectivity index (χ4v) is 3.98. The topological polar surface area (TPSA) is 68.8 Å². The van der Waals surface area contributed by atoms with Gasteiger partial charge in [0, 0.05) is 44.2 Å². The van der Waals surface area contributed by atoms with Crippen LogP contribution < -0.4 is 16.0 Å². The third kappa shape index (κ3) is 5.81. The maximum absolute atomic E-state index is 12.0. The molecule has 1 amide bonds. The van der Waals surface area contributed by atoms with E-state index in [1.807, 2.05) is 18.2 Å². The molecule has 3 N–H and O–H groups in total. The molecule has 0 saturated carbocycles. The Kier molecular flexibility index (Phi) is 8.82. The second-order valence-electron chi connectivity index (χ2n) is 7.18. The number of halogens is 1. The number of hydrogen-bond donors (Lipinski definition) is 3. The molecule has 0 spiro atoms. The minimum absolute atomic E-state index is 0. The molecular weight excluding hydrogens is 453 g/mol. The zero-order chi connectivity index (χ0) is 18.4. The van der Waals surface area contributed by atoms with Crippen molar-refractivity contribution in [3.8, 4) is 0 Å². The number of carbonyl (C=O) groups excluding carboxylic acids is 1. The summed E-state index contributed by atoms with van der Waals surface area (Å²) in [7, 11) is 1.80. The predicted octanol–water partition coefficient (Wildman–Crippen LogP) is 2.77. The number of carbonyl (C=O) groups is 1. The Morgan fingerprint density at radius 1 is 1.30 bits per heavy atom. The third-order valence-corrected chi connectivity index (χ3v) is 5.48. The number of anilines is 1. The van der Waals surface area contributed by atoms with E-state index in [0.29, 0.717) is 19.0 Å². The molecule has 0 aliphatic carbocycles. The highest BCUT2D eigenvalue weighted by Crippen LogP contribution is 2.31. The van der Waals surface area contributed by atoms with Crippen molar-refractivity contribution < 1.29 is 4.79 Å². The van der Waals surface area contributed by atoms with E-state index in [4.69, 9.17) is 0 Å².